The Balaban J connectivity index is 1.81. The first-order valence-corrected chi connectivity index (χ1v) is 7.01. The van der Waals surface area contributed by atoms with Crippen LogP contribution in [0.4, 0.5) is 4.79 Å². The lowest BCUT2D eigenvalue weighted by Crippen LogP contribution is -2.55. The second-order valence-electron chi connectivity index (χ2n) is 5.76. The van der Waals surface area contributed by atoms with Gasteiger partial charge in [-0.1, -0.05) is 13.8 Å². The maximum absolute atomic E-state index is 12.0. The fourth-order valence-electron chi connectivity index (χ4n) is 2.47. The molecule has 6 heteroatoms. The molecule has 2 amide bonds. The third kappa shape index (κ3) is 3.59. The van der Waals surface area contributed by atoms with Gasteiger partial charge in [0.25, 0.3) is 0 Å². The van der Waals surface area contributed by atoms with Gasteiger partial charge in [0.15, 0.2) is 0 Å². The van der Waals surface area contributed by atoms with Crippen LogP contribution in [0.2, 0.25) is 0 Å². The zero-order valence-electron chi connectivity index (χ0n) is 11.6. The van der Waals surface area contributed by atoms with Gasteiger partial charge in [0, 0.05) is 32.2 Å². The largest absolute Gasteiger partial charge is 0.480 e. The quantitative estimate of drug-likeness (QED) is 0.783. The van der Waals surface area contributed by atoms with Gasteiger partial charge in [0.05, 0.1) is 0 Å². The molecule has 0 aromatic rings. The molecule has 0 aromatic carbocycles. The number of aliphatic carboxylic acids is 1. The molecule has 6 nitrogen and oxygen atoms in total. The summed E-state index contributed by atoms with van der Waals surface area (Å²) < 4.78 is 0. The minimum Gasteiger partial charge on any atom is -0.480 e. The SMILES string of the molecule is CC(C)C(NC(=O)N1CCN(C2CC2)CC1)C(=O)O. The third-order valence-electron chi connectivity index (χ3n) is 3.88. The summed E-state index contributed by atoms with van der Waals surface area (Å²) in [5.41, 5.74) is 0. The summed E-state index contributed by atoms with van der Waals surface area (Å²) >= 11 is 0. The van der Waals surface area contributed by atoms with E-state index in [1.54, 1.807) is 18.7 Å². The van der Waals surface area contributed by atoms with Crippen molar-refractivity contribution in [2.75, 3.05) is 26.2 Å². The van der Waals surface area contributed by atoms with E-state index in [4.69, 9.17) is 5.11 Å². The molecule has 2 rings (SSSR count). The molecule has 0 bridgehead atoms. The Morgan fingerprint density at radius 1 is 1.16 bits per heavy atom. The van der Waals surface area contributed by atoms with Crippen molar-refractivity contribution in [1.29, 1.82) is 0 Å². The first-order chi connectivity index (χ1) is 8.99. The molecule has 0 spiro atoms. The van der Waals surface area contributed by atoms with E-state index in [9.17, 15) is 9.59 Å². The lowest BCUT2D eigenvalue weighted by atomic mass is 10.1. The highest BCUT2D eigenvalue weighted by Gasteiger charge is 2.33. The number of rotatable bonds is 4. The van der Waals surface area contributed by atoms with Crippen molar-refractivity contribution >= 4 is 12.0 Å². The van der Waals surface area contributed by atoms with Gasteiger partial charge >= 0.3 is 12.0 Å². The summed E-state index contributed by atoms with van der Waals surface area (Å²) in [4.78, 5) is 27.2. The molecule has 1 unspecified atom stereocenters. The average Bonchev–Trinajstić information content (AvgIpc) is 3.19. The van der Waals surface area contributed by atoms with Crippen molar-refractivity contribution in [1.82, 2.24) is 15.1 Å². The molecule has 1 saturated carbocycles. The maximum Gasteiger partial charge on any atom is 0.326 e. The molecule has 1 aliphatic carbocycles. The molecule has 2 fully saturated rings. The fourth-order valence-corrected chi connectivity index (χ4v) is 2.47. The van der Waals surface area contributed by atoms with Crippen LogP contribution in [0.25, 0.3) is 0 Å². The van der Waals surface area contributed by atoms with Gasteiger partial charge < -0.3 is 15.3 Å². The van der Waals surface area contributed by atoms with E-state index in [-0.39, 0.29) is 11.9 Å². The summed E-state index contributed by atoms with van der Waals surface area (Å²) in [5, 5.41) is 11.7. The number of carbonyl (C=O) groups is 2. The van der Waals surface area contributed by atoms with Gasteiger partial charge in [-0.15, -0.1) is 0 Å². The first-order valence-electron chi connectivity index (χ1n) is 7.01. The second kappa shape index (κ2) is 5.77. The highest BCUT2D eigenvalue weighted by atomic mass is 16.4. The standard InChI is InChI=1S/C13H23N3O3/c1-9(2)11(12(17)18)14-13(19)16-7-5-15(6-8-16)10-3-4-10/h9-11H,3-8H2,1-2H3,(H,14,19)(H,17,18). The number of carbonyl (C=O) groups excluding carboxylic acids is 1. The molecule has 1 atom stereocenters. The van der Waals surface area contributed by atoms with Crippen molar-refractivity contribution in [3.63, 3.8) is 0 Å². The molecule has 0 aromatic heterocycles. The van der Waals surface area contributed by atoms with Crippen molar-refractivity contribution in [3.8, 4) is 0 Å². The number of hydrogen-bond donors (Lipinski definition) is 2. The summed E-state index contributed by atoms with van der Waals surface area (Å²) in [6.07, 6.45) is 2.56. The fraction of sp³-hybridized carbons (Fsp3) is 0.846. The van der Waals surface area contributed by atoms with E-state index in [0.29, 0.717) is 13.1 Å². The molecule has 1 saturated heterocycles. The monoisotopic (exact) mass is 269 g/mol. The number of piperazine rings is 1. The Kier molecular flexibility index (Phi) is 4.29. The van der Waals surface area contributed by atoms with Crippen LogP contribution in [-0.2, 0) is 4.79 Å². The number of urea groups is 1. The smallest absolute Gasteiger partial charge is 0.326 e. The van der Waals surface area contributed by atoms with E-state index in [1.807, 2.05) is 0 Å². The summed E-state index contributed by atoms with van der Waals surface area (Å²) in [6, 6.07) is -0.335. The van der Waals surface area contributed by atoms with Gasteiger partial charge in [-0.3, -0.25) is 4.90 Å². The Morgan fingerprint density at radius 2 is 1.74 bits per heavy atom. The van der Waals surface area contributed by atoms with Crippen LogP contribution in [0.3, 0.4) is 0 Å². The molecule has 1 heterocycles. The van der Waals surface area contributed by atoms with E-state index >= 15 is 0 Å². The van der Waals surface area contributed by atoms with Crippen molar-refractivity contribution < 1.29 is 14.7 Å². The van der Waals surface area contributed by atoms with Gasteiger partial charge in [0.2, 0.25) is 0 Å². The van der Waals surface area contributed by atoms with Crippen molar-refractivity contribution in [3.05, 3.63) is 0 Å². The van der Waals surface area contributed by atoms with E-state index in [2.05, 4.69) is 10.2 Å². The molecule has 1 aliphatic heterocycles. The molecule has 2 aliphatic rings. The highest BCUT2D eigenvalue weighted by Crippen LogP contribution is 2.27. The minimum absolute atomic E-state index is 0.116. The van der Waals surface area contributed by atoms with E-state index in [1.165, 1.54) is 12.8 Å². The lowest BCUT2D eigenvalue weighted by molar-refractivity contribution is -0.140. The van der Waals surface area contributed by atoms with Crippen LogP contribution in [0.5, 0.6) is 0 Å². The molecular weight excluding hydrogens is 246 g/mol. The van der Waals surface area contributed by atoms with Gasteiger partial charge in [-0.2, -0.15) is 0 Å². The summed E-state index contributed by atoms with van der Waals surface area (Å²) in [6.45, 7) is 6.77. The third-order valence-corrected chi connectivity index (χ3v) is 3.88. The number of nitrogens with one attached hydrogen (secondary N) is 1. The summed E-state index contributed by atoms with van der Waals surface area (Å²) in [5.74, 6) is -1.09. The number of hydrogen-bond acceptors (Lipinski definition) is 3. The molecule has 19 heavy (non-hydrogen) atoms. The van der Waals surface area contributed by atoms with Crippen LogP contribution in [0, 0.1) is 5.92 Å². The number of carboxylic acid groups (broad SMARTS) is 1. The van der Waals surface area contributed by atoms with Gasteiger partial charge in [-0.25, -0.2) is 9.59 Å². The molecule has 0 radical (unpaired) electrons. The Labute approximate surface area is 113 Å². The van der Waals surface area contributed by atoms with Gasteiger partial charge in [-0.05, 0) is 18.8 Å². The molecule has 108 valence electrons. The number of nitrogens with zero attached hydrogens (tertiary/aromatic N) is 2. The second-order valence-corrected chi connectivity index (χ2v) is 5.76. The van der Waals surface area contributed by atoms with E-state index < -0.39 is 12.0 Å². The molecule has 2 N–H and O–H groups in total. The van der Waals surface area contributed by atoms with Crippen molar-refractivity contribution in [2.24, 2.45) is 5.92 Å². The molecular formula is C13H23N3O3. The van der Waals surface area contributed by atoms with E-state index in [0.717, 1.165) is 19.1 Å². The zero-order chi connectivity index (χ0) is 14.0. The topological polar surface area (TPSA) is 72.9 Å². The van der Waals surface area contributed by atoms with Crippen LogP contribution in [-0.4, -0.2) is 65.2 Å². The Bertz CT molecular complexity index is 347. The van der Waals surface area contributed by atoms with Crippen LogP contribution >= 0.6 is 0 Å². The maximum atomic E-state index is 12.0. The lowest BCUT2D eigenvalue weighted by Gasteiger charge is -2.35. The zero-order valence-corrected chi connectivity index (χ0v) is 11.6. The predicted octanol–water partition coefficient (Wildman–Crippen LogP) is 0.585. The minimum atomic E-state index is -0.972. The average molecular weight is 269 g/mol. The number of carboxylic acids is 1. The Morgan fingerprint density at radius 3 is 2.16 bits per heavy atom. The van der Waals surface area contributed by atoms with Gasteiger partial charge in [0.1, 0.15) is 6.04 Å². The van der Waals surface area contributed by atoms with Crippen LogP contribution < -0.4 is 5.32 Å². The first kappa shape index (κ1) is 14.1. The van der Waals surface area contributed by atoms with Crippen LogP contribution in [0.1, 0.15) is 26.7 Å². The summed E-state index contributed by atoms with van der Waals surface area (Å²) in [7, 11) is 0. The Hall–Kier alpha value is -1.30. The normalized spacial score (nSPS) is 22.4. The predicted molar refractivity (Wildman–Crippen MR) is 71.0 cm³/mol. The number of amides is 2. The van der Waals surface area contributed by atoms with Crippen LogP contribution in [0.15, 0.2) is 0 Å². The highest BCUT2D eigenvalue weighted by molar-refractivity contribution is 5.82. The van der Waals surface area contributed by atoms with Crippen molar-refractivity contribution in [2.45, 2.75) is 38.8 Å².